The maximum atomic E-state index is 12.5. The summed E-state index contributed by atoms with van der Waals surface area (Å²) < 4.78 is 87.1. The number of ether oxygens (including phenoxy) is 6. The largest absolute Gasteiger partial charge is 1.00 e. The number of amidine groups is 1. The number of aromatic nitrogens is 6. The van der Waals surface area contributed by atoms with Gasteiger partial charge in [-0.15, -0.1) is 5.10 Å². The molecule has 5 aromatic rings. The molecule has 1 aliphatic heterocycles. The number of carbonyl (C=O) groups is 4. The van der Waals surface area contributed by atoms with Gasteiger partial charge in [0.15, 0.2) is 5.54 Å². The second-order valence-corrected chi connectivity index (χ2v) is 20.6. The number of esters is 4. The number of aryl methyl sites for hydroxylation is 1. The van der Waals surface area contributed by atoms with Crippen LogP contribution in [-0.4, -0.2) is 134 Å². The minimum Gasteiger partial charge on any atom is -0.845 e. The van der Waals surface area contributed by atoms with Crippen LogP contribution in [0.15, 0.2) is 89.1 Å². The molecule has 1 atom stereocenters. The van der Waals surface area contributed by atoms with Crippen LogP contribution in [0.3, 0.4) is 0 Å². The van der Waals surface area contributed by atoms with Gasteiger partial charge in [0.25, 0.3) is 20.0 Å². The van der Waals surface area contributed by atoms with Crippen LogP contribution < -0.4 is 94.8 Å². The summed E-state index contributed by atoms with van der Waals surface area (Å²) in [5, 5.41) is 36.4. The summed E-state index contributed by atoms with van der Waals surface area (Å²) in [5.41, 5.74) is -2.07. The Bertz CT molecular complexity index is 3460. The SMILES string of the molecule is CCCOc1nn(/C([O-])=N/S(=O)(=O)c2ccccc2C(=O)OC)c(=O)n1C.CCOC(=O)C1=NN(c2ccc(Cl)cc2Cl)C(C)(C(=O)OCC)C1.COC(=O)c1ccc(I)cc1S(=O)(=O)/N=C(\[O-])Nc1nc(C)nc(OC)n1.[Na+].[Na+]. The fraction of sp³-hybridized carbons (Fsp3) is 0.333. The number of methoxy groups -OCH3 is 3. The minimum absolute atomic E-state index is 0. The fourth-order valence-corrected chi connectivity index (χ4v) is 9.63. The molecule has 80 heavy (non-hydrogen) atoms. The number of nitrogens with one attached hydrogen (secondary N) is 1. The summed E-state index contributed by atoms with van der Waals surface area (Å²) in [7, 11) is -4.29. The average molecular weight is 1320 g/mol. The average Bonchev–Trinajstić information content (AvgIpc) is 3.90. The van der Waals surface area contributed by atoms with E-state index in [-0.39, 0.29) is 131 Å². The van der Waals surface area contributed by atoms with Crippen molar-refractivity contribution >= 4 is 119 Å². The molecule has 0 saturated heterocycles. The van der Waals surface area contributed by atoms with Crippen LogP contribution in [-0.2, 0) is 55.6 Å². The zero-order chi connectivity index (χ0) is 58.3. The van der Waals surface area contributed by atoms with Crippen LogP contribution in [0, 0.1) is 10.5 Å². The first kappa shape index (κ1) is 70.6. The van der Waals surface area contributed by atoms with E-state index in [4.69, 9.17) is 42.1 Å². The standard InChI is InChI=1S/C16H18Cl2N2O4.C15H18N4O7S.C14H14IN5O6S.2Na/c1-4-23-14(21)12-9-16(3,15(22)24-5-2)20(19-12)13-7-6-10(17)8-11(13)18;1-4-9-26-14-16-19(15(22)18(14)2)13(21)17-27(23,24)11-8-6-5-7-10(11)12(20)25-3;1-7-16-12(19-14(17-7)26-3)18-13(22)20-27(23,24)10-6-8(15)4-5-9(10)11(21)25-2;;/h6-8H,4-5,9H2,1-3H3;5-8H,4,9H2,1-3H3,(H,17,21);4-6H,1-3H3,(H2,16,17,18,19,20,22);;/q;;;2*+1/p-2. The molecule has 3 aromatic carbocycles. The summed E-state index contributed by atoms with van der Waals surface area (Å²) in [4.78, 5) is 70.6. The van der Waals surface area contributed by atoms with Crippen LogP contribution in [0.2, 0.25) is 10.0 Å². The molecule has 0 amide bonds. The van der Waals surface area contributed by atoms with Gasteiger partial charge in [-0.2, -0.15) is 50.4 Å². The molecule has 1 aliphatic rings. The first-order chi connectivity index (χ1) is 36.7. The van der Waals surface area contributed by atoms with Crippen molar-refractivity contribution in [2.75, 3.05) is 51.5 Å². The van der Waals surface area contributed by atoms with E-state index < -0.39 is 77.0 Å². The van der Waals surface area contributed by atoms with Crippen molar-refractivity contribution in [1.82, 2.24) is 29.3 Å². The number of halogens is 3. The Kier molecular flexibility index (Phi) is 27.9. The van der Waals surface area contributed by atoms with E-state index in [1.807, 2.05) is 29.5 Å². The number of hydrogen-bond acceptors (Lipinski definition) is 23. The van der Waals surface area contributed by atoms with Gasteiger partial charge in [-0.1, -0.05) is 42.3 Å². The topological polar surface area (TPSA) is 369 Å². The van der Waals surface area contributed by atoms with Crippen molar-refractivity contribution in [2.45, 2.75) is 62.8 Å². The molecule has 3 heterocycles. The third kappa shape index (κ3) is 18.3. The van der Waals surface area contributed by atoms with Gasteiger partial charge in [0, 0.05) is 22.1 Å². The van der Waals surface area contributed by atoms with Crippen molar-refractivity contribution in [1.29, 1.82) is 0 Å². The predicted molar refractivity (Wildman–Crippen MR) is 284 cm³/mol. The van der Waals surface area contributed by atoms with Crippen LogP contribution in [0.1, 0.15) is 67.1 Å². The Morgan fingerprint density at radius 2 is 1.44 bits per heavy atom. The summed E-state index contributed by atoms with van der Waals surface area (Å²) >= 11 is 14.0. The predicted octanol–water partition coefficient (Wildman–Crippen LogP) is -3.34. The molecule has 1 unspecified atom stereocenters. The molecular weight excluding hydrogens is 1270 g/mol. The molecule has 0 radical (unpaired) electrons. The van der Waals surface area contributed by atoms with Crippen molar-refractivity contribution in [3.63, 3.8) is 0 Å². The van der Waals surface area contributed by atoms with Gasteiger partial charge in [0.2, 0.25) is 5.95 Å². The number of nitrogens with zero attached hydrogens (tertiary/aromatic N) is 10. The summed E-state index contributed by atoms with van der Waals surface area (Å²) in [6.07, 6.45) is 0.696. The van der Waals surface area contributed by atoms with Crippen LogP contribution >= 0.6 is 45.8 Å². The number of sulfonamides is 2. The van der Waals surface area contributed by atoms with E-state index in [1.165, 1.54) is 62.5 Å². The first-order valence-corrected chi connectivity index (χ1v) is 27.0. The summed E-state index contributed by atoms with van der Waals surface area (Å²) in [6, 6.07) is 11.0. The number of hydrogen-bond donors (Lipinski definition) is 1. The molecule has 420 valence electrons. The first-order valence-electron chi connectivity index (χ1n) is 22.3. The zero-order valence-electron chi connectivity index (χ0n) is 44.7. The van der Waals surface area contributed by atoms with E-state index >= 15 is 0 Å². The van der Waals surface area contributed by atoms with Crippen LogP contribution in [0.5, 0.6) is 12.0 Å². The molecule has 2 aromatic heterocycles. The zero-order valence-corrected chi connectivity index (χ0v) is 54.0. The van der Waals surface area contributed by atoms with Crippen molar-refractivity contribution in [2.24, 2.45) is 20.9 Å². The smallest absolute Gasteiger partial charge is 0.845 e. The van der Waals surface area contributed by atoms with Gasteiger partial charge in [0.05, 0.1) is 69.0 Å². The number of rotatable bonds is 16. The quantitative estimate of drug-likeness (QED) is 0.0252. The van der Waals surface area contributed by atoms with E-state index in [2.05, 4.69) is 48.7 Å². The molecule has 0 fully saturated rings. The Morgan fingerprint density at radius 3 is 2.02 bits per heavy atom. The summed E-state index contributed by atoms with van der Waals surface area (Å²) in [5.74, 6) is -2.86. The number of benzene rings is 3. The van der Waals surface area contributed by atoms with Crippen LogP contribution in [0.25, 0.3) is 0 Å². The fourth-order valence-electron chi connectivity index (χ4n) is 6.31. The molecule has 28 nitrogen and oxygen atoms in total. The molecule has 1 N–H and O–H groups in total. The molecule has 0 saturated carbocycles. The Balaban J connectivity index is 0.000000406. The second kappa shape index (κ2) is 31.6. The number of hydrazone groups is 1. The molecule has 6 rings (SSSR count). The third-order valence-electron chi connectivity index (χ3n) is 9.85. The van der Waals surface area contributed by atoms with E-state index in [0.29, 0.717) is 25.7 Å². The van der Waals surface area contributed by atoms with Gasteiger partial charge in [-0.3, -0.25) is 0 Å². The monoisotopic (exact) mass is 1320 g/mol. The Hall–Kier alpha value is -5.49. The summed E-state index contributed by atoms with van der Waals surface area (Å²) in [6.45, 7) is 9.10. The Labute approximate surface area is 526 Å². The third-order valence-corrected chi connectivity index (χ3v) is 13.7. The number of anilines is 2. The maximum Gasteiger partial charge on any atom is 1.00 e. The maximum absolute atomic E-state index is 12.5. The van der Waals surface area contributed by atoms with Crippen LogP contribution in [0.4, 0.5) is 11.6 Å². The minimum atomic E-state index is -4.61. The molecule has 0 bridgehead atoms. The molecule has 35 heteroatoms. The van der Waals surface area contributed by atoms with E-state index in [9.17, 15) is 51.0 Å². The normalized spacial score (nSPS) is 14.0. The molecular formula is C45H48Cl2IN11Na2O17S2. The molecule has 0 aliphatic carbocycles. The van der Waals surface area contributed by atoms with Gasteiger partial charge < -0.3 is 44.0 Å². The van der Waals surface area contributed by atoms with Gasteiger partial charge in [0.1, 0.15) is 27.3 Å². The second-order valence-electron chi connectivity index (χ2n) is 15.4. The van der Waals surface area contributed by atoms with E-state index in [1.54, 1.807) is 39.0 Å². The van der Waals surface area contributed by atoms with Gasteiger partial charge in [-0.05, 0) is 105 Å². The van der Waals surface area contributed by atoms with Crippen molar-refractivity contribution in [3.8, 4) is 12.0 Å². The Morgan fingerprint density at radius 1 is 0.825 bits per heavy atom. The number of carbonyl (C=O) groups excluding carboxylic acids is 4. The molecule has 0 spiro atoms. The van der Waals surface area contributed by atoms with Crippen molar-refractivity contribution in [3.05, 3.63) is 102 Å². The van der Waals surface area contributed by atoms with E-state index in [0.717, 1.165) is 24.9 Å². The van der Waals surface area contributed by atoms with Crippen molar-refractivity contribution < 1.29 is 134 Å². The van der Waals surface area contributed by atoms with Gasteiger partial charge >= 0.3 is 101 Å². The van der Waals surface area contributed by atoms with Gasteiger partial charge in [-0.25, -0.2) is 33.5 Å².